The molecular formula is C13H15N5O. The topological polar surface area (TPSA) is 87.6 Å². The lowest BCUT2D eigenvalue weighted by Gasteiger charge is -2.08. The van der Waals surface area contributed by atoms with Gasteiger partial charge < -0.3 is 9.73 Å². The summed E-state index contributed by atoms with van der Waals surface area (Å²) in [5.74, 6) is 1.83. The molecule has 2 aromatic heterocycles. The minimum absolute atomic E-state index is 0.429. The summed E-state index contributed by atoms with van der Waals surface area (Å²) in [5.41, 5.74) is 2.95. The van der Waals surface area contributed by atoms with Gasteiger partial charge in [0.05, 0.1) is 17.9 Å². The largest absolute Gasteiger partial charge is 0.444 e. The molecule has 0 spiro atoms. The lowest BCUT2D eigenvalue weighted by atomic mass is 10.1. The first-order valence-corrected chi connectivity index (χ1v) is 5.93. The van der Waals surface area contributed by atoms with Gasteiger partial charge in [0.15, 0.2) is 11.7 Å². The van der Waals surface area contributed by atoms with Gasteiger partial charge in [0.1, 0.15) is 17.4 Å². The van der Waals surface area contributed by atoms with Gasteiger partial charge >= 0.3 is 0 Å². The third-order valence-corrected chi connectivity index (χ3v) is 2.98. The van der Waals surface area contributed by atoms with E-state index >= 15 is 0 Å². The van der Waals surface area contributed by atoms with Crippen LogP contribution in [-0.2, 0) is 6.54 Å². The summed E-state index contributed by atoms with van der Waals surface area (Å²) in [6, 6.07) is 2.15. The maximum Gasteiger partial charge on any atom is 0.191 e. The van der Waals surface area contributed by atoms with Crippen molar-refractivity contribution in [2.45, 2.75) is 34.2 Å². The van der Waals surface area contributed by atoms with Gasteiger partial charge in [-0.05, 0) is 26.3 Å². The second-order valence-electron chi connectivity index (χ2n) is 4.34. The second-order valence-corrected chi connectivity index (χ2v) is 4.34. The number of rotatable bonds is 3. The van der Waals surface area contributed by atoms with Crippen molar-refractivity contribution in [3.05, 3.63) is 34.2 Å². The predicted molar refractivity (Wildman–Crippen MR) is 69.5 cm³/mol. The highest BCUT2D eigenvalue weighted by Gasteiger charge is 2.12. The van der Waals surface area contributed by atoms with Crippen molar-refractivity contribution in [2.75, 3.05) is 5.32 Å². The van der Waals surface area contributed by atoms with E-state index in [0.29, 0.717) is 23.8 Å². The van der Waals surface area contributed by atoms with Gasteiger partial charge in [-0.15, -0.1) is 5.10 Å². The quantitative estimate of drug-likeness (QED) is 0.906. The molecule has 6 heteroatoms. The molecule has 0 aliphatic carbocycles. The zero-order valence-electron chi connectivity index (χ0n) is 11.4. The fourth-order valence-electron chi connectivity index (χ4n) is 1.77. The lowest BCUT2D eigenvalue weighted by Crippen LogP contribution is -2.07. The average Bonchev–Trinajstić information content (AvgIpc) is 2.69. The highest BCUT2D eigenvalue weighted by Crippen LogP contribution is 2.18. The van der Waals surface area contributed by atoms with E-state index in [-0.39, 0.29) is 0 Å². The number of oxazole rings is 1. The molecule has 0 aromatic carbocycles. The van der Waals surface area contributed by atoms with Gasteiger partial charge in [-0.1, -0.05) is 0 Å². The summed E-state index contributed by atoms with van der Waals surface area (Å²) in [6.45, 7) is 7.80. The average molecular weight is 257 g/mol. The van der Waals surface area contributed by atoms with Crippen LogP contribution in [0.5, 0.6) is 0 Å². The molecule has 0 aliphatic rings. The minimum Gasteiger partial charge on any atom is -0.444 e. The smallest absolute Gasteiger partial charge is 0.191 e. The molecular weight excluding hydrogens is 242 g/mol. The number of hydrogen-bond donors (Lipinski definition) is 1. The van der Waals surface area contributed by atoms with Crippen LogP contribution in [0.4, 0.5) is 5.82 Å². The first-order chi connectivity index (χ1) is 9.02. The van der Waals surface area contributed by atoms with Crippen molar-refractivity contribution in [2.24, 2.45) is 0 Å². The Labute approximate surface area is 111 Å². The zero-order chi connectivity index (χ0) is 14.0. The zero-order valence-corrected chi connectivity index (χ0v) is 11.4. The first-order valence-electron chi connectivity index (χ1n) is 5.93. The fourth-order valence-corrected chi connectivity index (χ4v) is 1.77. The molecule has 0 atom stereocenters. The van der Waals surface area contributed by atoms with E-state index in [0.717, 1.165) is 22.7 Å². The second kappa shape index (κ2) is 5.06. The van der Waals surface area contributed by atoms with Crippen molar-refractivity contribution < 1.29 is 4.42 Å². The van der Waals surface area contributed by atoms with Crippen molar-refractivity contribution in [3.8, 4) is 6.07 Å². The Morgan fingerprint density at radius 2 is 1.89 bits per heavy atom. The van der Waals surface area contributed by atoms with Crippen molar-refractivity contribution >= 4 is 5.82 Å². The van der Waals surface area contributed by atoms with Crippen molar-refractivity contribution in [3.63, 3.8) is 0 Å². The number of hydrogen-bond acceptors (Lipinski definition) is 6. The van der Waals surface area contributed by atoms with Crippen LogP contribution < -0.4 is 5.32 Å². The molecule has 1 N–H and O–H groups in total. The molecule has 2 heterocycles. The van der Waals surface area contributed by atoms with Gasteiger partial charge in [-0.25, -0.2) is 4.98 Å². The number of nitrogens with zero attached hydrogens (tertiary/aromatic N) is 4. The number of aromatic nitrogens is 3. The lowest BCUT2D eigenvalue weighted by molar-refractivity contribution is 0.480. The van der Waals surface area contributed by atoms with E-state index < -0.39 is 0 Å². The number of nitriles is 1. The molecule has 0 radical (unpaired) electrons. The normalized spacial score (nSPS) is 10.3. The molecule has 0 fully saturated rings. The predicted octanol–water partition coefficient (Wildman–Crippen LogP) is 2.18. The Kier molecular flexibility index (Phi) is 3.47. The summed E-state index contributed by atoms with van der Waals surface area (Å²) >= 11 is 0. The summed E-state index contributed by atoms with van der Waals surface area (Å²) in [6.07, 6.45) is 0. The molecule has 0 amide bonds. The van der Waals surface area contributed by atoms with Gasteiger partial charge in [0.25, 0.3) is 0 Å². The third kappa shape index (κ3) is 2.55. The van der Waals surface area contributed by atoms with Gasteiger partial charge in [0, 0.05) is 6.92 Å². The maximum absolute atomic E-state index is 9.19. The van der Waals surface area contributed by atoms with Gasteiger partial charge in [0.2, 0.25) is 0 Å². The molecule has 0 aliphatic heterocycles. The summed E-state index contributed by atoms with van der Waals surface area (Å²) < 4.78 is 5.46. The van der Waals surface area contributed by atoms with Crippen molar-refractivity contribution in [1.82, 2.24) is 15.2 Å². The molecule has 0 saturated heterocycles. The molecule has 19 heavy (non-hydrogen) atoms. The van der Waals surface area contributed by atoms with E-state index in [2.05, 4.69) is 26.6 Å². The monoisotopic (exact) mass is 257 g/mol. The van der Waals surface area contributed by atoms with Crippen LogP contribution in [0, 0.1) is 39.0 Å². The number of nitrogens with one attached hydrogen (secondary N) is 1. The Hall–Kier alpha value is -2.42. The Morgan fingerprint density at radius 3 is 2.47 bits per heavy atom. The first kappa shape index (κ1) is 13.0. The SMILES string of the molecule is Cc1nc(C)c(CNc2nnc(C)c(C)c2C#N)o1. The summed E-state index contributed by atoms with van der Waals surface area (Å²) in [7, 11) is 0. The van der Waals surface area contributed by atoms with Crippen LogP contribution in [0.25, 0.3) is 0 Å². The number of anilines is 1. The molecule has 0 unspecified atom stereocenters. The van der Waals surface area contributed by atoms with Crippen LogP contribution >= 0.6 is 0 Å². The molecule has 6 nitrogen and oxygen atoms in total. The van der Waals surface area contributed by atoms with Crippen LogP contribution in [0.3, 0.4) is 0 Å². The van der Waals surface area contributed by atoms with E-state index in [9.17, 15) is 5.26 Å². The van der Waals surface area contributed by atoms with E-state index in [1.807, 2.05) is 20.8 Å². The van der Waals surface area contributed by atoms with Crippen LogP contribution in [0.2, 0.25) is 0 Å². The van der Waals surface area contributed by atoms with E-state index in [1.165, 1.54) is 0 Å². The summed E-state index contributed by atoms with van der Waals surface area (Å²) in [5, 5.41) is 20.3. The highest BCUT2D eigenvalue weighted by atomic mass is 16.4. The van der Waals surface area contributed by atoms with Gasteiger partial charge in [-0.2, -0.15) is 10.4 Å². The Bertz CT molecular complexity index is 654. The number of aryl methyl sites for hydroxylation is 3. The molecule has 2 aromatic rings. The van der Waals surface area contributed by atoms with Crippen molar-refractivity contribution in [1.29, 1.82) is 5.26 Å². The van der Waals surface area contributed by atoms with Crippen LogP contribution in [0.1, 0.15) is 34.2 Å². The Balaban J connectivity index is 2.23. The molecule has 2 rings (SSSR count). The van der Waals surface area contributed by atoms with Crippen LogP contribution in [0.15, 0.2) is 4.42 Å². The minimum atomic E-state index is 0.429. The standard InChI is InChI=1S/C13H15N5O/c1-7-8(2)17-18-13(11(7)5-14)15-6-12-9(3)16-10(4)19-12/h6H2,1-4H3,(H,15,18). The van der Waals surface area contributed by atoms with Gasteiger partial charge in [-0.3, -0.25) is 0 Å². The molecule has 0 saturated carbocycles. The molecule has 98 valence electrons. The highest BCUT2D eigenvalue weighted by molar-refractivity contribution is 5.55. The Morgan fingerprint density at radius 1 is 1.16 bits per heavy atom. The third-order valence-electron chi connectivity index (χ3n) is 2.98. The fraction of sp³-hybridized carbons (Fsp3) is 0.385. The van der Waals surface area contributed by atoms with E-state index in [1.54, 1.807) is 6.92 Å². The maximum atomic E-state index is 9.19. The summed E-state index contributed by atoms with van der Waals surface area (Å²) in [4.78, 5) is 4.19. The molecule has 0 bridgehead atoms. The van der Waals surface area contributed by atoms with E-state index in [4.69, 9.17) is 4.42 Å². The van der Waals surface area contributed by atoms with Crippen LogP contribution in [-0.4, -0.2) is 15.2 Å².